The molecule has 0 spiro atoms. The maximum atomic E-state index is 13.3. The van der Waals surface area contributed by atoms with Crippen LogP contribution in [-0.4, -0.2) is 24.0 Å². The van der Waals surface area contributed by atoms with Crippen LogP contribution in [0.4, 0.5) is 0 Å². The first-order chi connectivity index (χ1) is 11.4. The average Bonchev–Trinajstić information content (AvgIpc) is 2.86. The minimum Gasteiger partial charge on any atom is -0.349 e. The van der Waals surface area contributed by atoms with Gasteiger partial charge in [-0.1, -0.05) is 26.7 Å². The lowest BCUT2D eigenvalue weighted by molar-refractivity contribution is -0.162. The molecule has 0 saturated heterocycles. The Kier molecular flexibility index (Phi) is 3.67. The second-order valence-corrected chi connectivity index (χ2v) is 9.18. The van der Waals surface area contributed by atoms with E-state index in [0.717, 1.165) is 38.5 Å². The van der Waals surface area contributed by atoms with Crippen LogP contribution in [-0.2, 0) is 14.4 Å². The summed E-state index contributed by atoms with van der Waals surface area (Å²) in [6, 6.07) is -0.376. The van der Waals surface area contributed by atoms with Crippen LogP contribution in [0.2, 0.25) is 0 Å². The minimum absolute atomic E-state index is 0.0635. The molecular weight excluding hydrogens is 302 g/mol. The second kappa shape index (κ2) is 5.40. The molecule has 24 heavy (non-hydrogen) atoms. The van der Waals surface area contributed by atoms with Gasteiger partial charge in [0.1, 0.15) is 5.78 Å². The summed E-state index contributed by atoms with van der Waals surface area (Å²) >= 11 is 0. The van der Waals surface area contributed by atoms with E-state index in [4.69, 9.17) is 0 Å². The third-order valence-corrected chi connectivity index (χ3v) is 8.43. The molecule has 132 valence electrons. The highest BCUT2D eigenvalue weighted by Crippen LogP contribution is 2.64. The van der Waals surface area contributed by atoms with Crippen LogP contribution in [0.25, 0.3) is 0 Å². The van der Waals surface area contributed by atoms with Gasteiger partial charge in [-0.15, -0.1) is 0 Å². The lowest BCUT2D eigenvalue weighted by Gasteiger charge is -2.60. The zero-order chi connectivity index (χ0) is 17.1. The summed E-state index contributed by atoms with van der Waals surface area (Å²) in [7, 11) is 0. The molecule has 0 aromatic heterocycles. The van der Waals surface area contributed by atoms with Crippen molar-refractivity contribution < 1.29 is 14.4 Å². The predicted molar refractivity (Wildman–Crippen MR) is 90.1 cm³/mol. The molecule has 0 aromatic carbocycles. The van der Waals surface area contributed by atoms with Crippen LogP contribution in [0.5, 0.6) is 0 Å². The van der Waals surface area contributed by atoms with E-state index in [0.29, 0.717) is 24.5 Å². The Bertz CT molecular complexity index is 587. The molecule has 2 unspecified atom stereocenters. The third kappa shape index (κ3) is 1.94. The molecule has 0 radical (unpaired) electrons. The van der Waals surface area contributed by atoms with Gasteiger partial charge in [-0.05, 0) is 55.3 Å². The number of fused-ring (bicyclic) bond motifs is 5. The van der Waals surface area contributed by atoms with E-state index in [-0.39, 0.29) is 40.4 Å². The van der Waals surface area contributed by atoms with Gasteiger partial charge in [-0.25, -0.2) is 0 Å². The Morgan fingerprint density at radius 1 is 1.04 bits per heavy atom. The van der Waals surface area contributed by atoms with Crippen LogP contribution in [0.1, 0.15) is 65.2 Å². The number of hydrogen-bond acceptors (Lipinski definition) is 3. The summed E-state index contributed by atoms with van der Waals surface area (Å²) in [4.78, 5) is 37.1. The van der Waals surface area contributed by atoms with Crippen molar-refractivity contribution in [3.63, 3.8) is 0 Å². The van der Waals surface area contributed by atoms with Crippen molar-refractivity contribution in [1.29, 1.82) is 0 Å². The molecular formula is C20H29NO3. The normalized spacial score (nSPS) is 50.7. The van der Waals surface area contributed by atoms with Gasteiger partial charge in [-0.3, -0.25) is 14.4 Å². The highest BCUT2D eigenvalue weighted by atomic mass is 16.1. The molecule has 4 aliphatic rings. The molecule has 0 aliphatic heterocycles. The van der Waals surface area contributed by atoms with E-state index >= 15 is 0 Å². The van der Waals surface area contributed by atoms with Gasteiger partial charge in [0, 0.05) is 17.8 Å². The van der Waals surface area contributed by atoms with E-state index in [2.05, 4.69) is 19.2 Å². The molecule has 0 bridgehead atoms. The van der Waals surface area contributed by atoms with Crippen LogP contribution in [0.3, 0.4) is 0 Å². The lowest BCUT2D eigenvalue weighted by atomic mass is 9.44. The first-order valence-corrected chi connectivity index (χ1v) is 9.70. The first-order valence-electron chi connectivity index (χ1n) is 9.70. The van der Waals surface area contributed by atoms with Crippen molar-refractivity contribution >= 4 is 18.0 Å². The van der Waals surface area contributed by atoms with E-state index in [1.54, 1.807) is 0 Å². The summed E-state index contributed by atoms with van der Waals surface area (Å²) < 4.78 is 0. The van der Waals surface area contributed by atoms with Crippen molar-refractivity contribution in [2.45, 2.75) is 71.3 Å². The van der Waals surface area contributed by atoms with Gasteiger partial charge in [0.25, 0.3) is 0 Å². The van der Waals surface area contributed by atoms with Crippen molar-refractivity contribution in [3.05, 3.63) is 0 Å². The van der Waals surface area contributed by atoms with E-state index in [1.807, 2.05) is 0 Å². The number of hydrogen-bond donors (Lipinski definition) is 1. The number of carbonyl (C=O) groups is 3. The fourth-order valence-corrected chi connectivity index (χ4v) is 7.14. The smallest absolute Gasteiger partial charge is 0.207 e. The molecule has 4 fully saturated rings. The first kappa shape index (κ1) is 16.3. The number of Topliss-reactive ketones (excluding diaryl/α,β-unsaturated/α-hetero) is 2. The van der Waals surface area contributed by atoms with Gasteiger partial charge in [-0.2, -0.15) is 0 Å². The Morgan fingerprint density at radius 3 is 2.58 bits per heavy atom. The largest absolute Gasteiger partial charge is 0.349 e. The Hall–Kier alpha value is -1.19. The van der Waals surface area contributed by atoms with Gasteiger partial charge in [0.05, 0.1) is 6.04 Å². The standard InChI is InChI=1S/C20H29NO3/c1-19-9-4-3-5-14(19)18(24)17(21-11-22)16-12-6-7-15(23)20(12,2)10-8-13(16)19/h11-14,16-17H,3-10H2,1-2H3,(H,21,22)/t12-,13+,14?,16-,17?,19+,20-/m0/s1. The number of ketones is 2. The molecule has 4 saturated carbocycles. The second-order valence-electron chi connectivity index (χ2n) is 9.18. The van der Waals surface area contributed by atoms with Crippen molar-refractivity contribution in [2.24, 2.45) is 34.5 Å². The summed E-state index contributed by atoms with van der Waals surface area (Å²) in [6.45, 7) is 4.43. The minimum atomic E-state index is -0.376. The highest BCUT2D eigenvalue weighted by Gasteiger charge is 2.64. The molecule has 1 N–H and O–H groups in total. The summed E-state index contributed by atoms with van der Waals surface area (Å²) in [6.07, 6.45) is 8.64. The quantitative estimate of drug-likeness (QED) is 0.791. The van der Waals surface area contributed by atoms with Gasteiger partial charge >= 0.3 is 0 Å². The topological polar surface area (TPSA) is 63.2 Å². The average molecular weight is 331 g/mol. The molecule has 0 heterocycles. The molecule has 0 aromatic rings. The fraction of sp³-hybridized carbons (Fsp3) is 0.850. The van der Waals surface area contributed by atoms with E-state index < -0.39 is 0 Å². The summed E-state index contributed by atoms with van der Waals surface area (Å²) in [5, 5.41) is 2.89. The summed E-state index contributed by atoms with van der Waals surface area (Å²) in [5.74, 6) is 1.57. The van der Waals surface area contributed by atoms with Crippen LogP contribution in [0.15, 0.2) is 0 Å². The highest BCUT2D eigenvalue weighted by molar-refractivity contribution is 5.91. The Morgan fingerprint density at radius 2 is 1.83 bits per heavy atom. The molecule has 4 rings (SSSR count). The van der Waals surface area contributed by atoms with Crippen molar-refractivity contribution in [2.75, 3.05) is 0 Å². The SMILES string of the molecule is C[C@]12CCCCC1C(=O)C(NC=O)[C@@H]1[C@H]2CC[C@]2(C)C(=O)CC[C@@H]12. The van der Waals surface area contributed by atoms with Gasteiger partial charge in [0.2, 0.25) is 6.41 Å². The van der Waals surface area contributed by atoms with Crippen molar-refractivity contribution in [1.82, 2.24) is 5.32 Å². The Labute approximate surface area is 144 Å². The molecule has 4 aliphatic carbocycles. The molecule has 4 heteroatoms. The van der Waals surface area contributed by atoms with Crippen LogP contribution < -0.4 is 5.32 Å². The number of rotatable bonds is 2. The van der Waals surface area contributed by atoms with Crippen LogP contribution >= 0.6 is 0 Å². The lowest BCUT2D eigenvalue weighted by Crippen LogP contribution is -2.65. The zero-order valence-corrected chi connectivity index (χ0v) is 14.8. The predicted octanol–water partition coefficient (Wildman–Crippen LogP) is 2.89. The fourth-order valence-electron chi connectivity index (χ4n) is 7.14. The van der Waals surface area contributed by atoms with E-state index in [1.165, 1.54) is 6.42 Å². The summed E-state index contributed by atoms with van der Waals surface area (Å²) in [5.41, 5.74) is -0.212. The maximum absolute atomic E-state index is 13.3. The number of nitrogens with one attached hydrogen (secondary N) is 1. The maximum Gasteiger partial charge on any atom is 0.207 e. The molecule has 7 atom stereocenters. The van der Waals surface area contributed by atoms with Crippen molar-refractivity contribution in [3.8, 4) is 0 Å². The monoisotopic (exact) mass is 331 g/mol. The van der Waals surface area contributed by atoms with E-state index in [9.17, 15) is 14.4 Å². The van der Waals surface area contributed by atoms with Gasteiger partial charge in [0.15, 0.2) is 5.78 Å². The number of amides is 1. The van der Waals surface area contributed by atoms with Crippen LogP contribution in [0, 0.1) is 34.5 Å². The van der Waals surface area contributed by atoms with Gasteiger partial charge < -0.3 is 5.32 Å². The third-order valence-electron chi connectivity index (χ3n) is 8.43. The number of carbonyl (C=O) groups excluding carboxylic acids is 3. The molecule has 4 nitrogen and oxygen atoms in total. The Balaban J connectivity index is 1.78. The molecule has 1 amide bonds. The zero-order valence-electron chi connectivity index (χ0n) is 14.8.